The van der Waals surface area contributed by atoms with Crippen molar-refractivity contribution >= 4 is 5.96 Å². The molecule has 1 aliphatic rings. The molecule has 0 saturated heterocycles. The predicted molar refractivity (Wildman–Crippen MR) is 43.3 cm³/mol. The third-order valence-electron chi connectivity index (χ3n) is 2.08. The second-order valence-electron chi connectivity index (χ2n) is 2.96. The third-order valence-corrected chi connectivity index (χ3v) is 2.08. The summed E-state index contributed by atoms with van der Waals surface area (Å²) in [6, 6.07) is -0.832. The zero-order chi connectivity index (χ0) is 9.19. The van der Waals surface area contributed by atoms with Crippen LogP contribution >= 0.6 is 0 Å². The van der Waals surface area contributed by atoms with Crippen molar-refractivity contribution in [2.45, 2.75) is 31.2 Å². The van der Waals surface area contributed by atoms with Gasteiger partial charge in [0.15, 0.2) is 5.96 Å². The first-order valence-electron chi connectivity index (χ1n) is 3.93. The first-order chi connectivity index (χ1) is 5.56. The lowest BCUT2D eigenvalue weighted by molar-refractivity contribution is -0.0124. The predicted octanol–water partition coefficient (Wildman–Crippen LogP) is 0.708. The van der Waals surface area contributed by atoms with Gasteiger partial charge in [0.1, 0.15) is 0 Å². The van der Waals surface area contributed by atoms with Crippen molar-refractivity contribution < 1.29 is 8.78 Å². The summed E-state index contributed by atoms with van der Waals surface area (Å²) < 4.78 is 25.9. The molecule has 1 fully saturated rings. The maximum absolute atomic E-state index is 12.9. The number of alkyl halides is 2. The molecular formula is C7H13F2N3. The zero-order valence-electron chi connectivity index (χ0n) is 6.98. The molecule has 0 heterocycles. The van der Waals surface area contributed by atoms with E-state index in [2.05, 4.69) is 10.3 Å². The van der Waals surface area contributed by atoms with Gasteiger partial charge in [0.2, 0.25) is 0 Å². The summed E-state index contributed by atoms with van der Waals surface area (Å²) in [6.07, 6.45) is 0.951. The summed E-state index contributed by atoms with van der Waals surface area (Å²) in [4.78, 5) is 3.57. The summed E-state index contributed by atoms with van der Waals surface area (Å²) in [7, 11) is 1.47. The van der Waals surface area contributed by atoms with Crippen molar-refractivity contribution in [3.8, 4) is 0 Å². The van der Waals surface area contributed by atoms with Gasteiger partial charge in [-0.05, 0) is 12.8 Å². The second-order valence-corrected chi connectivity index (χ2v) is 2.96. The number of hydrogen-bond donors (Lipinski definition) is 2. The SMILES string of the molecule is CN=C(N)NC1CCCC1(F)F. The van der Waals surface area contributed by atoms with E-state index in [1.54, 1.807) is 0 Å². The molecule has 1 unspecified atom stereocenters. The Morgan fingerprint density at radius 3 is 2.75 bits per heavy atom. The molecule has 1 atom stereocenters. The Balaban J connectivity index is 2.52. The molecule has 0 aromatic heterocycles. The fraction of sp³-hybridized carbons (Fsp3) is 0.857. The smallest absolute Gasteiger partial charge is 0.267 e. The Morgan fingerprint density at radius 1 is 1.67 bits per heavy atom. The quantitative estimate of drug-likeness (QED) is 0.457. The molecule has 1 saturated carbocycles. The third kappa shape index (κ3) is 1.84. The van der Waals surface area contributed by atoms with Gasteiger partial charge in [0.05, 0.1) is 6.04 Å². The Labute approximate surface area is 70.0 Å². The normalized spacial score (nSPS) is 28.9. The van der Waals surface area contributed by atoms with Gasteiger partial charge in [-0.2, -0.15) is 0 Å². The van der Waals surface area contributed by atoms with Gasteiger partial charge in [-0.1, -0.05) is 0 Å². The van der Waals surface area contributed by atoms with Gasteiger partial charge in [0, 0.05) is 13.5 Å². The van der Waals surface area contributed by atoms with Gasteiger partial charge >= 0.3 is 0 Å². The van der Waals surface area contributed by atoms with Crippen molar-refractivity contribution in [2.75, 3.05) is 7.05 Å². The highest BCUT2D eigenvalue weighted by molar-refractivity contribution is 5.78. The molecule has 0 bridgehead atoms. The fourth-order valence-electron chi connectivity index (χ4n) is 1.35. The van der Waals surface area contributed by atoms with Crippen LogP contribution in [0.15, 0.2) is 4.99 Å². The van der Waals surface area contributed by atoms with Crippen LogP contribution in [0, 0.1) is 0 Å². The van der Waals surface area contributed by atoms with Crippen molar-refractivity contribution in [1.29, 1.82) is 0 Å². The molecule has 3 N–H and O–H groups in total. The van der Waals surface area contributed by atoms with E-state index in [1.165, 1.54) is 7.05 Å². The van der Waals surface area contributed by atoms with Gasteiger partial charge < -0.3 is 11.1 Å². The van der Waals surface area contributed by atoms with E-state index in [0.29, 0.717) is 12.8 Å². The van der Waals surface area contributed by atoms with Crippen LogP contribution in [-0.2, 0) is 0 Å². The number of nitrogens with zero attached hydrogens (tertiary/aromatic N) is 1. The summed E-state index contributed by atoms with van der Waals surface area (Å²) in [5, 5.41) is 2.50. The summed E-state index contributed by atoms with van der Waals surface area (Å²) in [5.74, 6) is -2.54. The molecule has 0 spiro atoms. The molecule has 12 heavy (non-hydrogen) atoms. The summed E-state index contributed by atoms with van der Waals surface area (Å²) in [5.41, 5.74) is 5.28. The standard InChI is InChI=1S/C7H13F2N3/c1-11-6(10)12-5-3-2-4-7(5,8)9/h5H,2-4H2,1H3,(H3,10,11,12). The molecule has 0 aromatic rings. The van der Waals surface area contributed by atoms with E-state index >= 15 is 0 Å². The molecule has 0 aliphatic heterocycles. The van der Waals surface area contributed by atoms with Crippen LogP contribution in [0.25, 0.3) is 0 Å². The summed E-state index contributed by atoms with van der Waals surface area (Å²) in [6.45, 7) is 0. The van der Waals surface area contributed by atoms with E-state index < -0.39 is 12.0 Å². The molecule has 1 aliphatic carbocycles. The highest BCUT2D eigenvalue weighted by Gasteiger charge is 2.43. The first-order valence-corrected chi connectivity index (χ1v) is 3.93. The van der Waals surface area contributed by atoms with Crippen molar-refractivity contribution in [2.24, 2.45) is 10.7 Å². The van der Waals surface area contributed by atoms with E-state index in [0.717, 1.165) is 0 Å². The number of aliphatic imine (C=N–C) groups is 1. The molecular weight excluding hydrogens is 164 g/mol. The Hall–Kier alpha value is -0.870. The molecule has 5 heteroatoms. The Bertz CT molecular complexity index is 191. The maximum atomic E-state index is 12.9. The van der Waals surface area contributed by atoms with Crippen LogP contribution in [0.5, 0.6) is 0 Å². The highest BCUT2D eigenvalue weighted by Crippen LogP contribution is 2.34. The van der Waals surface area contributed by atoms with Crippen LogP contribution in [0.4, 0.5) is 8.78 Å². The van der Waals surface area contributed by atoms with E-state index in [4.69, 9.17) is 5.73 Å². The summed E-state index contributed by atoms with van der Waals surface area (Å²) >= 11 is 0. The van der Waals surface area contributed by atoms with Gasteiger partial charge in [0.25, 0.3) is 5.92 Å². The molecule has 0 amide bonds. The van der Waals surface area contributed by atoms with Crippen molar-refractivity contribution in [3.63, 3.8) is 0 Å². The molecule has 0 radical (unpaired) electrons. The van der Waals surface area contributed by atoms with Crippen molar-refractivity contribution in [3.05, 3.63) is 0 Å². The van der Waals surface area contributed by atoms with Gasteiger partial charge in [-0.15, -0.1) is 0 Å². The number of nitrogens with one attached hydrogen (secondary N) is 1. The average molecular weight is 177 g/mol. The van der Waals surface area contributed by atoms with Gasteiger partial charge in [-0.25, -0.2) is 8.78 Å². The van der Waals surface area contributed by atoms with E-state index in [9.17, 15) is 8.78 Å². The van der Waals surface area contributed by atoms with E-state index in [1.807, 2.05) is 0 Å². The number of guanidine groups is 1. The minimum absolute atomic E-state index is 0.0539. The van der Waals surface area contributed by atoms with Crippen molar-refractivity contribution in [1.82, 2.24) is 5.32 Å². The minimum atomic E-state index is -2.63. The minimum Gasteiger partial charge on any atom is -0.370 e. The average Bonchev–Trinajstić information content (AvgIpc) is 2.31. The molecule has 3 nitrogen and oxygen atoms in total. The number of hydrogen-bond acceptors (Lipinski definition) is 1. The fourth-order valence-corrected chi connectivity index (χ4v) is 1.35. The highest BCUT2D eigenvalue weighted by atomic mass is 19.3. The monoisotopic (exact) mass is 177 g/mol. The lowest BCUT2D eigenvalue weighted by atomic mass is 10.2. The largest absolute Gasteiger partial charge is 0.370 e. The molecule has 0 aromatic carbocycles. The molecule has 70 valence electrons. The maximum Gasteiger partial charge on any atom is 0.267 e. The number of rotatable bonds is 1. The Morgan fingerprint density at radius 2 is 2.33 bits per heavy atom. The number of nitrogens with two attached hydrogens (primary N) is 1. The van der Waals surface area contributed by atoms with Crippen LogP contribution < -0.4 is 11.1 Å². The van der Waals surface area contributed by atoms with Gasteiger partial charge in [-0.3, -0.25) is 4.99 Å². The second kappa shape index (κ2) is 3.25. The van der Waals surface area contributed by atoms with Crippen LogP contribution in [0.3, 0.4) is 0 Å². The first kappa shape index (κ1) is 9.22. The molecule has 1 rings (SSSR count). The topological polar surface area (TPSA) is 50.4 Å². The van der Waals surface area contributed by atoms with Crippen LogP contribution in [0.2, 0.25) is 0 Å². The zero-order valence-corrected chi connectivity index (χ0v) is 6.98. The lowest BCUT2D eigenvalue weighted by Gasteiger charge is -2.20. The number of halogens is 2. The van der Waals surface area contributed by atoms with E-state index in [-0.39, 0.29) is 12.4 Å². The lowest BCUT2D eigenvalue weighted by Crippen LogP contribution is -2.46. The van der Waals surface area contributed by atoms with Crippen LogP contribution in [-0.4, -0.2) is 25.0 Å². The van der Waals surface area contributed by atoms with Crippen LogP contribution in [0.1, 0.15) is 19.3 Å². The Kier molecular flexibility index (Phi) is 2.49.